The van der Waals surface area contributed by atoms with E-state index in [4.69, 9.17) is 15.2 Å². The molecule has 10 nitrogen and oxygen atoms in total. The largest absolute Gasteiger partial charge is 0.459 e. The second-order valence-corrected chi connectivity index (χ2v) is 9.82. The molecular formula is C24H48N4O6+2. The number of hydrogen-bond acceptors (Lipinski definition) is 6. The lowest BCUT2D eigenvalue weighted by molar-refractivity contribution is -0.870. The van der Waals surface area contributed by atoms with E-state index >= 15 is 0 Å². The summed E-state index contributed by atoms with van der Waals surface area (Å²) in [5.41, 5.74) is 9.74. The molecule has 0 spiro atoms. The van der Waals surface area contributed by atoms with Gasteiger partial charge in [0.1, 0.15) is 26.3 Å². The van der Waals surface area contributed by atoms with Crippen LogP contribution in [-0.2, 0) is 28.7 Å². The zero-order valence-electron chi connectivity index (χ0n) is 22.5. The van der Waals surface area contributed by atoms with Crippen LogP contribution in [0.5, 0.6) is 0 Å². The number of nitrogens with zero attached hydrogens (tertiary/aromatic N) is 2. The van der Waals surface area contributed by atoms with Gasteiger partial charge in [0.05, 0.1) is 48.2 Å². The van der Waals surface area contributed by atoms with Crippen molar-refractivity contribution in [3.63, 3.8) is 0 Å². The Morgan fingerprint density at radius 1 is 0.853 bits per heavy atom. The molecule has 2 unspecified atom stereocenters. The van der Waals surface area contributed by atoms with Crippen LogP contribution in [-0.4, -0.2) is 101 Å². The summed E-state index contributed by atoms with van der Waals surface area (Å²) in [4.78, 5) is 42.8. The van der Waals surface area contributed by atoms with Gasteiger partial charge < -0.3 is 29.9 Å². The quantitative estimate of drug-likeness (QED) is 0.224. The summed E-state index contributed by atoms with van der Waals surface area (Å²) < 4.78 is 11.6. The van der Waals surface area contributed by atoms with Gasteiger partial charge in [-0.2, -0.15) is 0 Å². The molecule has 0 saturated heterocycles. The van der Waals surface area contributed by atoms with E-state index in [1.54, 1.807) is 6.92 Å². The molecule has 0 aromatic heterocycles. The van der Waals surface area contributed by atoms with Crippen LogP contribution in [0, 0.1) is 11.8 Å². The summed E-state index contributed by atoms with van der Waals surface area (Å²) >= 11 is 0. The standard InChI is InChI=1S/C13H26N2O3.C8H16NO2.C3H5NO/c1-6-11(9-10(2)12(14)16)13(17)18-8-7-15(3,4)5;1-5-8(10)11-7-6-9(2,3)4;1-2-3(4)5/h10-11H,6-9H2,1-5H3,(H-,14,16);5H,1,6-7H2,2-4H3;2H,1H2,(H2,4,5)/q;+1;/p+1. The number of carbonyl (C=O) groups is 4. The second-order valence-electron chi connectivity index (χ2n) is 9.82. The first kappa shape index (κ1) is 35.9. The van der Waals surface area contributed by atoms with Crippen LogP contribution in [0.15, 0.2) is 25.3 Å². The maximum Gasteiger partial charge on any atom is 0.330 e. The predicted molar refractivity (Wildman–Crippen MR) is 134 cm³/mol. The predicted octanol–water partition coefficient (Wildman–Crippen LogP) is 0.853. The third kappa shape index (κ3) is 27.3. The highest BCUT2D eigenvalue weighted by atomic mass is 16.5. The number of ether oxygens (including phenoxy) is 2. The molecule has 10 heteroatoms. The maximum atomic E-state index is 11.8. The van der Waals surface area contributed by atoms with Crippen molar-refractivity contribution in [1.82, 2.24) is 0 Å². The summed E-state index contributed by atoms with van der Waals surface area (Å²) in [6.07, 6.45) is 3.37. The van der Waals surface area contributed by atoms with Crippen molar-refractivity contribution >= 4 is 23.8 Å². The fourth-order valence-electron chi connectivity index (χ4n) is 1.99. The SMILES string of the molecule is C=CC(=O)OCC[N+](C)(C)C.C=CC(N)=O.CCC(CC(C)C(N)=O)C(=O)OCC[N+](C)(C)C. The van der Waals surface area contributed by atoms with Crippen LogP contribution in [0.1, 0.15) is 26.7 Å². The Morgan fingerprint density at radius 2 is 1.26 bits per heavy atom. The lowest BCUT2D eigenvalue weighted by Gasteiger charge is -2.24. The first-order chi connectivity index (χ1) is 15.4. The van der Waals surface area contributed by atoms with Gasteiger partial charge >= 0.3 is 11.9 Å². The Bertz CT molecular complexity index is 651. The molecule has 0 aliphatic carbocycles. The number of likely N-dealkylation sites (N-methyl/N-ethyl adjacent to an activating group) is 2. The molecule has 0 aliphatic heterocycles. The first-order valence-corrected chi connectivity index (χ1v) is 11.2. The van der Waals surface area contributed by atoms with E-state index in [9.17, 15) is 19.2 Å². The third-order valence-corrected chi connectivity index (χ3v) is 4.33. The molecule has 0 aliphatic rings. The monoisotopic (exact) mass is 488 g/mol. The molecule has 0 aromatic rings. The highest BCUT2D eigenvalue weighted by molar-refractivity contribution is 5.85. The smallest absolute Gasteiger partial charge is 0.330 e. The van der Waals surface area contributed by atoms with Crippen LogP contribution in [0.4, 0.5) is 0 Å². The molecule has 0 saturated carbocycles. The number of quaternary nitrogens is 2. The fraction of sp³-hybridized carbons (Fsp3) is 0.667. The zero-order valence-corrected chi connectivity index (χ0v) is 22.5. The van der Waals surface area contributed by atoms with Gasteiger partial charge in [0.15, 0.2) is 0 Å². The molecule has 34 heavy (non-hydrogen) atoms. The molecule has 0 fully saturated rings. The number of nitrogens with two attached hydrogens (primary N) is 2. The second kappa shape index (κ2) is 18.7. The van der Waals surface area contributed by atoms with Crippen LogP contribution in [0.25, 0.3) is 0 Å². The molecule has 4 N–H and O–H groups in total. The maximum absolute atomic E-state index is 11.8. The first-order valence-electron chi connectivity index (χ1n) is 11.2. The van der Waals surface area contributed by atoms with Crippen molar-refractivity contribution in [1.29, 1.82) is 0 Å². The minimum atomic E-state index is -0.481. The molecule has 0 heterocycles. The summed E-state index contributed by atoms with van der Waals surface area (Å²) in [6.45, 7) is 12.5. The van der Waals surface area contributed by atoms with Gasteiger partial charge in [-0.15, -0.1) is 0 Å². The summed E-state index contributed by atoms with van der Waals surface area (Å²) in [7, 11) is 12.3. The molecule has 0 rings (SSSR count). The Morgan fingerprint density at radius 3 is 1.56 bits per heavy atom. The molecule has 0 aromatic carbocycles. The van der Waals surface area contributed by atoms with Crippen molar-refractivity contribution in [2.24, 2.45) is 23.3 Å². The van der Waals surface area contributed by atoms with E-state index in [2.05, 4.69) is 18.9 Å². The average Bonchev–Trinajstić information content (AvgIpc) is 2.70. The van der Waals surface area contributed by atoms with Gasteiger partial charge in [-0.25, -0.2) is 4.79 Å². The van der Waals surface area contributed by atoms with Gasteiger partial charge in [0, 0.05) is 12.0 Å². The molecule has 198 valence electrons. The summed E-state index contributed by atoms with van der Waals surface area (Å²) in [6, 6.07) is 0. The van der Waals surface area contributed by atoms with Crippen molar-refractivity contribution in [2.45, 2.75) is 26.7 Å². The number of esters is 2. The highest BCUT2D eigenvalue weighted by Gasteiger charge is 2.23. The minimum Gasteiger partial charge on any atom is -0.459 e. The summed E-state index contributed by atoms with van der Waals surface area (Å²) in [5.74, 6) is -1.95. The van der Waals surface area contributed by atoms with Crippen molar-refractivity contribution in [3.05, 3.63) is 25.3 Å². The van der Waals surface area contributed by atoms with E-state index in [0.29, 0.717) is 26.1 Å². The lowest BCUT2D eigenvalue weighted by atomic mass is 9.93. The van der Waals surface area contributed by atoms with Gasteiger partial charge in [-0.05, 0) is 18.9 Å². The van der Waals surface area contributed by atoms with Crippen LogP contribution in [0.2, 0.25) is 0 Å². The Hall–Kier alpha value is -2.72. The van der Waals surface area contributed by atoms with Crippen molar-refractivity contribution < 1.29 is 37.6 Å². The molecule has 0 radical (unpaired) electrons. The third-order valence-electron chi connectivity index (χ3n) is 4.33. The molecule has 2 amide bonds. The van der Waals surface area contributed by atoms with E-state index in [-0.39, 0.29) is 29.7 Å². The molecule has 0 bridgehead atoms. The number of carbonyl (C=O) groups excluding carboxylic acids is 4. The molecular weight excluding hydrogens is 440 g/mol. The van der Waals surface area contributed by atoms with E-state index in [1.807, 2.05) is 49.2 Å². The van der Waals surface area contributed by atoms with Crippen LogP contribution >= 0.6 is 0 Å². The minimum absolute atomic E-state index is 0.223. The van der Waals surface area contributed by atoms with E-state index in [0.717, 1.165) is 28.1 Å². The van der Waals surface area contributed by atoms with Gasteiger partial charge in [-0.1, -0.05) is 27.0 Å². The number of hydrogen-bond donors (Lipinski definition) is 2. The van der Waals surface area contributed by atoms with E-state index < -0.39 is 5.91 Å². The Balaban J connectivity index is -0.000000507. The molecule has 2 atom stereocenters. The average molecular weight is 489 g/mol. The number of amides is 2. The Kier molecular flexibility index (Phi) is 19.7. The fourth-order valence-corrected chi connectivity index (χ4v) is 1.99. The van der Waals surface area contributed by atoms with Crippen molar-refractivity contribution in [3.8, 4) is 0 Å². The number of rotatable bonds is 13. The van der Waals surface area contributed by atoms with Crippen LogP contribution < -0.4 is 11.5 Å². The topological polar surface area (TPSA) is 139 Å². The Labute approximate surface area is 205 Å². The highest BCUT2D eigenvalue weighted by Crippen LogP contribution is 2.17. The summed E-state index contributed by atoms with van der Waals surface area (Å²) in [5, 5.41) is 0. The van der Waals surface area contributed by atoms with E-state index in [1.165, 1.54) is 6.08 Å². The van der Waals surface area contributed by atoms with Crippen molar-refractivity contribution in [2.75, 3.05) is 68.6 Å². The number of primary amides is 2. The van der Waals surface area contributed by atoms with Gasteiger partial charge in [0.2, 0.25) is 11.8 Å². The van der Waals surface area contributed by atoms with Gasteiger partial charge in [0.25, 0.3) is 0 Å². The van der Waals surface area contributed by atoms with Gasteiger partial charge in [-0.3, -0.25) is 14.4 Å². The zero-order chi connectivity index (χ0) is 27.5. The lowest BCUT2D eigenvalue weighted by Crippen LogP contribution is -2.38. The van der Waals surface area contributed by atoms with Crippen LogP contribution in [0.3, 0.4) is 0 Å². The normalized spacial score (nSPS) is 12.4.